The molecule has 1 amide bonds. The van der Waals surface area contributed by atoms with Gasteiger partial charge in [-0.3, -0.25) is 4.79 Å². The summed E-state index contributed by atoms with van der Waals surface area (Å²) >= 11 is 0. The Hall–Kier alpha value is -3.75. The fourth-order valence-corrected chi connectivity index (χ4v) is 2.28. The molecule has 1 aromatic heterocycles. The summed E-state index contributed by atoms with van der Waals surface area (Å²) in [6, 6.07) is 12.2. The Balaban J connectivity index is 1.68. The highest BCUT2D eigenvalue weighted by Crippen LogP contribution is 2.29. The number of methoxy groups -OCH3 is 2. The van der Waals surface area contributed by atoms with Crippen LogP contribution in [0.1, 0.15) is 15.9 Å². The smallest absolute Gasteiger partial charge is 0.271 e. The van der Waals surface area contributed by atoms with Crippen molar-refractivity contribution in [2.75, 3.05) is 14.2 Å². The van der Waals surface area contributed by atoms with Crippen molar-refractivity contribution in [3.05, 3.63) is 59.9 Å². The van der Waals surface area contributed by atoms with Crippen LogP contribution in [0.3, 0.4) is 0 Å². The Morgan fingerprint density at radius 1 is 1.15 bits per heavy atom. The number of aromatic nitrogens is 4. The quantitative estimate of drug-likeness (QED) is 0.532. The van der Waals surface area contributed by atoms with E-state index in [1.165, 1.54) is 17.2 Å². The Labute approximate surface area is 149 Å². The van der Waals surface area contributed by atoms with Crippen LogP contribution in [0.4, 0.5) is 0 Å². The molecule has 0 fully saturated rings. The van der Waals surface area contributed by atoms with E-state index in [0.29, 0.717) is 22.6 Å². The molecule has 0 radical (unpaired) electrons. The highest BCUT2D eigenvalue weighted by molar-refractivity contribution is 5.95. The van der Waals surface area contributed by atoms with Crippen molar-refractivity contribution in [1.82, 2.24) is 25.6 Å². The number of carbonyl (C=O) groups is 1. The summed E-state index contributed by atoms with van der Waals surface area (Å²) in [5, 5.41) is 14.9. The van der Waals surface area contributed by atoms with Crippen LogP contribution in [-0.4, -0.2) is 46.5 Å². The van der Waals surface area contributed by atoms with Crippen LogP contribution in [0, 0.1) is 0 Å². The van der Waals surface area contributed by atoms with Crippen LogP contribution < -0.4 is 14.9 Å². The van der Waals surface area contributed by atoms with Gasteiger partial charge < -0.3 is 9.47 Å². The van der Waals surface area contributed by atoms with Crippen molar-refractivity contribution in [2.24, 2.45) is 5.10 Å². The zero-order valence-corrected chi connectivity index (χ0v) is 14.2. The van der Waals surface area contributed by atoms with Gasteiger partial charge in [0.1, 0.15) is 6.33 Å². The summed E-state index contributed by atoms with van der Waals surface area (Å²) in [6.07, 6.45) is 2.97. The molecule has 0 aliphatic heterocycles. The molecule has 0 spiro atoms. The van der Waals surface area contributed by atoms with Gasteiger partial charge in [-0.15, -0.1) is 5.10 Å². The molecular weight excluding hydrogens is 336 g/mol. The molecule has 9 nitrogen and oxygen atoms in total. The second kappa shape index (κ2) is 7.88. The first-order chi connectivity index (χ1) is 12.7. The molecule has 132 valence electrons. The SMILES string of the molecule is COc1cccc(/C=N/NC(=O)c2ccc(-n3cnnn3)cc2)c1OC. The maximum atomic E-state index is 12.2. The average molecular weight is 352 g/mol. The molecule has 0 aliphatic carbocycles. The highest BCUT2D eigenvalue weighted by Gasteiger charge is 2.08. The second-order valence-corrected chi connectivity index (χ2v) is 5.08. The average Bonchev–Trinajstić information content (AvgIpc) is 3.22. The van der Waals surface area contributed by atoms with Crippen LogP contribution in [0.5, 0.6) is 11.5 Å². The molecule has 0 aliphatic rings. The van der Waals surface area contributed by atoms with E-state index < -0.39 is 0 Å². The molecule has 0 atom stereocenters. The highest BCUT2D eigenvalue weighted by atomic mass is 16.5. The molecule has 0 unspecified atom stereocenters. The van der Waals surface area contributed by atoms with E-state index in [9.17, 15) is 4.79 Å². The maximum Gasteiger partial charge on any atom is 0.271 e. The summed E-state index contributed by atoms with van der Waals surface area (Å²) in [6.45, 7) is 0. The summed E-state index contributed by atoms with van der Waals surface area (Å²) < 4.78 is 12.0. The van der Waals surface area contributed by atoms with Gasteiger partial charge in [0.05, 0.1) is 26.1 Å². The van der Waals surface area contributed by atoms with Gasteiger partial charge in [0.25, 0.3) is 5.91 Å². The summed E-state index contributed by atoms with van der Waals surface area (Å²) in [5.41, 5.74) is 4.36. The summed E-state index contributed by atoms with van der Waals surface area (Å²) in [5.74, 6) is 0.783. The number of tetrazole rings is 1. The van der Waals surface area contributed by atoms with E-state index in [-0.39, 0.29) is 5.91 Å². The maximum absolute atomic E-state index is 12.2. The first-order valence-electron chi connectivity index (χ1n) is 7.60. The Morgan fingerprint density at radius 2 is 1.96 bits per heavy atom. The molecule has 3 rings (SSSR count). The third-order valence-corrected chi connectivity index (χ3v) is 3.55. The molecule has 0 bridgehead atoms. The van der Waals surface area contributed by atoms with Crippen LogP contribution in [-0.2, 0) is 0 Å². The normalized spacial score (nSPS) is 10.7. The molecule has 1 heterocycles. The third-order valence-electron chi connectivity index (χ3n) is 3.55. The molecule has 9 heteroatoms. The van der Waals surface area contributed by atoms with E-state index in [2.05, 4.69) is 26.1 Å². The minimum absolute atomic E-state index is 0.341. The van der Waals surface area contributed by atoms with Gasteiger partial charge in [0.2, 0.25) is 0 Å². The summed E-state index contributed by atoms with van der Waals surface area (Å²) in [4.78, 5) is 12.2. The predicted octanol–water partition coefficient (Wildman–Crippen LogP) is 1.44. The van der Waals surface area contributed by atoms with Crippen LogP contribution in [0.2, 0.25) is 0 Å². The van der Waals surface area contributed by atoms with E-state index in [1.54, 1.807) is 50.6 Å². The van der Waals surface area contributed by atoms with E-state index in [1.807, 2.05) is 6.07 Å². The monoisotopic (exact) mass is 352 g/mol. The number of para-hydroxylation sites is 1. The molecule has 0 saturated heterocycles. The number of ether oxygens (including phenoxy) is 2. The topological polar surface area (TPSA) is 104 Å². The number of hydrazone groups is 1. The lowest BCUT2D eigenvalue weighted by atomic mass is 10.2. The number of benzene rings is 2. The summed E-state index contributed by atoms with van der Waals surface area (Å²) in [7, 11) is 3.10. The zero-order valence-electron chi connectivity index (χ0n) is 14.2. The van der Waals surface area contributed by atoms with Gasteiger partial charge >= 0.3 is 0 Å². The second-order valence-electron chi connectivity index (χ2n) is 5.08. The lowest BCUT2D eigenvalue weighted by Crippen LogP contribution is -2.17. The van der Waals surface area contributed by atoms with Gasteiger partial charge in [-0.05, 0) is 46.8 Å². The van der Waals surface area contributed by atoms with Gasteiger partial charge in [-0.2, -0.15) is 5.10 Å². The van der Waals surface area contributed by atoms with Gasteiger partial charge in [0.15, 0.2) is 11.5 Å². The molecule has 2 aromatic carbocycles. The minimum atomic E-state index is -0.341. The molecular formula is C17H16N6O3. The van der Waals surface area contributed by atoms with Crippen molar-refractivity contribution in [3.63, 3.8) is 0 Å². The lowest BCUT2D eigenvalue weighted by molar-refractivity contribution is 0.0955. The first kappa shape index (κ1) is 17.1. The van der Waals surface area contributed by atoms with Crippen molar-refractivity contribution >= 4 is 12.1 Å². The fourth-order valence-electron chi connectivity index (χ4n) is 2.28. The van der Waals surface area contributed by atoms with E-state index >= 15 is 0 Å². The predicted molar refractivity (Wildman–Crippen MR) is 93.8 cm³/mol. The fraction of sp³-hybridized carbons (Fsp3) is 0.118. The third kappa shape index (κ3) is 3.66. The van der Waals surface area contributed by atoms with Crippen LogP contribution >= 0.6 is 0 Å². The van der Waals surface area contributed by atoms with Gasteiger partial charge in [-0.1, -0.05) is 6.07 Å². The minimum Gasteiger partial charge on any atom is -0.493 e. The first-order valence-corrected chi connectivity index (χ1v) is 7.60. The number of rotatable bonds is 6. The van der Waals surface area contributed by atoms with Crippen molar-refractivity contribution in [3.8, 4) is 17.2 Å². The Bertz CT molecular complexity index is 907. The zero-order chi connectivity index (χ0) is 18.4. The number of carbonyl (C=O) groups excluding carboxylic acids is 1. The number of hydrogen-bond acceptors (Lipinski definition) is 7. The standard InChI is InChI=1S/C17H16N6O3/c1-25-15-5-3-4-13(16(15)26-2)10-18-20-17(24)12-6-8-14(9-7-12)23-11-19-21-22-23/h3-11H,1-2H3,(H,20,24)/b18-10+. The van der Waals surface area contributed by atoms with E-state index in [4.69, 9.17) is 9.47 Å². The van der Waals surface area contributed by atoms with Crippen molar-refractivity contribution < 1.29 is 14.3 Å². The number of amides is 1. The van der Waals surface area contributed by atoms with Gasteiger partial charge in [0, 0.05) is 11.1 Å². The van der Waals surface area contributed by atoms with Crippen LogP contribution in [0.25, 0.3) is 5.69 Å². The molecule has 3 aromatic rings. The molecule has 26 heavy (non-hydrogen) atoms. The number of hydrogen-bond donors (Lipinski definition) is 1. The lowest BCUT2D eigenvalue weighted by Gasteiger charge is -2.09. The number of nitrogens with one attached hydrogen (secondary N) is 1. The van der Waals surface area contributed by atoms with Gasteiger partial charge in [-0.25, -0.2) is 10.1 Å². The number of nitrogens with zero attached hydrogens (tertiary/aromatic N) is 5. The Kier molecular flexibility index (Phi) is 5.18. The Morgan fingerprint density at radius 3 is 2.62 bits per heavy atom. The molecule has 1 N–H and O–H groups in total. The van der Waals surface area contributed by atoms with Crippen molar-refractivity contribution in [1.29, 1.82) is 0 Å². The van der Waals surface area contributed by atoms with Crippen molar-refractivity contribution in [2.45, 2.75) is 0 Å². The van der Waals surface area contributed by atoms with E-state index in [0.717, 1.165) is 5.69 Å². The largest absolute Gasteiger partial charge is 0.493 e. The molecule has 0 saturated carbocycles. The van der Waals surface area contributed by atoms with Crippen LogP contribution in [0.15, 0.2) is 53.9 Å².